The van der Waals surface area contributed by atoms with Gasteiger partial charge in [-0.25, -0.2) is 9.78 Å². The maximum absolute atomic E-state index is 13.5. The number of aliphatic hydroxyl groups excluding tert-OH is 1. The number of aromatic carboxylic acids is 1. The maximum Gasteiger partial charge on any atom is 0.335 e. The number of aromatic nitrogens is 3. The van der Waals surface area contributed by atoms with Crippen molar-refractivity contribution in [3.8, 4) is 0 Å². The number of β-amino-alcohol motifs (C(OH)–C–C–N with tert-alkyl or cyclic N) is 1. The molecule has 1 aromatic heterocycles. The van der Waals surface area contributed by atoms with Crippen LogP contribution in [-0.4, -0.2) is 86.2 Å². The monoisotopic (exact) mass is 600 g/mol. The molecule has 2 saturated heterocycles. The van der Waals surface area contributed by atoms with E-state index in [-0.39, 0.29) is 36.7 Å². The van der Waals surface area contributed by atoms with E-state index in [2.05, 4.69) is 5.10 Å². The minimum atomic E-state index is -3.66. The van der Waals surface area contributed by atoms with Crippen LogP contribution in [0.1, 0.15) is 62.8 Å². The zero-order valence-electron chi connectivity index (χ0n) is 22.3. The fourth-order valence-corrected chi connectivity index (χ4v) is 7.55. The van der Waals surface area contributed by atoms with Gasteiger partial charge in [0, 0.05) is 50.0 Å². The van der Waals surface area contributed by atoms with E-state index in [1.165, 1.54) is 49.3 Å². The van der Waals surface area contributed by atoms with Gasteiger partial charge in [-0.15, -0.1) is 5.10 Å². The van der Waals surface area contributed by atoms with Crippen LogP contribution in [0.25, 0.3) is 0 Å². The number of carbonyl (C=O) groups excluding carboxylic acids is 1. The summed E-state index contributed by atoms with van der Waals surface area (Å²) in [5.74, 6) is -0.834. The number of carbonyl (C=O) groups is 2. The molecule has 5 rings (SSSR count). The molecule has 0 bridgehead atoms. The summed E-state index contributed by atoms with van der Waals surface area (Å²) < 4.78 is 30.0. The molecule has 0 saturated carbocycles. The Morgan fingerprint density at radius 2 is 1.63 bits per heavy atom. The molecule has 0 aliphatic carbocycles. The van der Waals surface area contributed by atoms with Gasteiger partial charge < -0.3 is 15.9 Å². The van der Waals surface area contributed by atoms with Crippen molar-refractivity contribution in [2.45, 2.75) is 48.7 Å². The molecule has 1 atom stereocenters. The highest BCUT2D eigenvalue weighted by atomic mass is 32.2. The fourth-order valence-electron chi connectivity index (χ4n) is 4.97. The molecule has 0 spiro atoms. The summed E-state index contributed by atoms with van der Waals surface area (Å²) in [6.45, 7) is 1.40. The molecule has 0 amide bonds. The summed E-state index contributed by atoms with van der Waals surface area (Å²) in [6, 6.07) is 13.6. The van der Waals surface area contributed by atoms with Crippen LogP contribution in [-0.2, 0) is 22.5 Å². The van der Waals surface area contributed by atoms with Gasteiger partial charge >= 0.3 is 5.97 Å². The summed E-state index contributed by atoms with van der Waals surface area (Å²) in [4.78, 5) is 29.7. The molecular weight excluding hydrogens is 568 g/mol. The summed E-state index contributed by atoms with van der Waals surface area (Å²) in [5, 5.41) is 24.1. The van der Waals surface area contributed by atoms with Crippen molar-refractivity contribution in [2.75, 3.05) is 26.2 Å². The zero-order valence-corrected chi connectivity index (χ0v) is 23.9. The Bertz CT molecular complexity index is 1520. The molecule has 2 aliphatic heterocycles. The Kier molecular flexibility index (Phi) is 8.87. The van der Waals surface area contributed by atoms with Crippen LogP contribution < -0.4 is 5.73 Å². The third kappa shape index (κ3) is 6.52. The topological polar surface area (TPSA) is 172 Å². The zero-order chi connectivity index (χ0) is 29.1. The van der Waals surface area contributed by atoms with Crippen LogP contribution in [0.2, 0.25) is 0 Å². The minimum Gasteiger partial charge on any atom is -0.478 e. The van der Waals surface area contributed by atoms with Crippen LogP contribution >= 0.6 is 11.8 Å². The van der Waals surface area contributed by atoms with Crippen molar-refractivity contribution >= 4 is 33.8 Å². The number of carboxylic acids is 1. The largest absolute Gasteiger partial charge is 0.478 e. The number of rotatable bonds is 9. The SMILES string of the molecule is NCc1ccc(CSc2nc(C3CCN(S(=O)(=O)N4CCC(O)C4)CC3)nn2C(=O)c2cccc(C(=O)O)c2)cc1. The van der Waals surface area contributed by atoms with Crippen LogP contribution in [0.3, 0.4) is 0 Å². The first-order valence-electron chi connectivity index (χ1n) is 13.3. The van der Waals surface area contributed by atoms with Gasteiger partial charge in [-0.2, -0.15) is 21.7 Å². The highest BCUT2D eigenvalue weighted by Gasteiger charge is 2.38. The Labute approximate surface area is 242 Å². The number of benzene rings is 2. The smallest absolute Gasteiger partial charge is 0.335 e. The number of nitrogens with two attached hydrogens (primary N) is 1. The summed E-state index contributed by atoms with van der Waals surface area (Å²) >= 11 is 1.34. The predicted molar refractivity (Wildman–Crippen MR) is 152 cm³/mol. The number of hydrogen-bond donors (Lipinski definition) is 3. The molecule has 41 heavy (non-hydrogen) atoms. The third-order valence-corrected chi connectivity index (χ3v) is 10.4. The van der Waals surface area contributed by atoms with E-state index in [1.54, 1.807) is 0 Å². The van der Waals surface area contributed by atoms with E-state index < -0.39 is 28.2 Å². The Morgan fingerprint density at radius 1 is 0.976 bits per heavy atom. The molecule has 4 N–H and O–H groups in total. The fraction of sp³-hybridized carbons (Fsp3) is 0.407. The van der Waals surface area contributed by atoms with Gasteiger partial charge in [-0.1, -0.05) is 42.1 Å². The van der Waals surface area contributed by atoms with E-state index in [0.29, 0.717) is 49.1 Å². The summed E-state index contributed by atoms with van der Waals surface area (Å²) in [5.41, 5.74) is 7.87. The molecule has 2 fully saturated rings. The van der Waals surface area contributed by atoms with E-state index in [1.807, 2.05) is 24.3 Å². The number of thioether (sulfide) groups is 1. The van der Waals surface area contributed by atoms with Gasteiger partial charge in [0.05, 0.1) is 11.7 Å². The number of aliphatic hydroxyl groups is 1. The molecule has 14 heteroatoms. The maximum atomic E-state index is 13.5. The molecule has 218 valence electrons. The standard InChI is InChI=1S/C27H32N6O6S2/c28-15-18-4-6-19(7-5-18)17-40-27-29-24(30-33(27)25(35)21-2-1-3-22(14-21)26(36)37)20-8-11-31(12-9-20)41(38,39)32-13-10-23(34)16-32/h1-7,14,20,23,34H,8-13,15-17,28H2,(H,36,37). The van der Waals surface area contributed by atoms with Crippen LogP contribution in [0.5, 0.6) is 0 Å². The lowest BCUT2D eigenvalue weighted by atomic mass is 9.98. The third-order valence-electron chi connectivity index (χ3n) is 7.37. The first-order valence-corrected chi connectivity index (χ1v) is 15.7. The second kappa shape index (κ2) is 12.4. The van der Waals surface area contributed by atoms with Crippen molar-refractivity contribution in [2.24, 2.45) is 5.73 Å². The van der Waals surface area contributed by atoms with Crippen LogP contribution in [0, 0.1) is 0 Å². The lowest BCUT2D eigenvalue weighted by molar-refractivity contribution is 0.0696. The van der Waals surface area contributed by atoms with Gasteiger partial charge in [0.25, 0.3) is 16.1 Å². The average molecular weight is 601 g/mol. The van der Waals surface area contributed by atoms with E-state index in [4.69, 9.17) is 10.7 Å². The van der Waals surface area contributed by atoms with Crippen molar-refractivity contribution in [3.05, 3.63) is 76.6 Å². The first kappa shape index (κ1) is 29.4. The van der Waals surface area contributed by atoms with Crippen molar-refractivity contribution in [3.63, 3.8) is 0 Å². The van der Waals surface area contributed by atoms with Crippen LogP contribution in [0.15, 0.2) is 53.7 Å². The van der Waals surface area contributed by atoms with Crippen molar-refractivity contribution in [1.82, 2.24) is 23.4 Å². The summed E-state index contributed by atoms with van der Waals surface area (Å²) in [7, 11) is -3.66. The van der Waals surface area contributed by atoms with Gasteiger partial charge in [0.15, 0.2) is 11.0 Å². The highest BCUT2D eigenvalue weighted by molar-refractivity contribution is 7.98. The second-order valence-corrected chi connectivity index (χ2v) is 13.0. The molecule has 2 aliphatic rings. The van der Waals surface area contributed by atoms with Gasteiger partial charge in [0.2, 0.25) is 0 Å². The molecular formula is C27H32N6O6S2. The Balaban J connectivity index is 1.36. The normalized spacial score (nSPS) is 19.0. The predicted octanol–water partition coefficient (Wildman–Crippen LogP) is 1.91. The Hall–Kier alpha value is -3.14. The average Bonchev–Trinajstić information content (AvgIpc) is 3.63. The lowest BCUT2D eigenvalue weighted by Crippen LogP contribution is -2.46. The number of piperidine rings is 1. The molecule has 2 aromatic carbocycles. The quantitative estimate of drug-likeness (QED) is 0.308. The van der Waals surface area contributed by atoms with Crippen molar-refractivity contribution < 1.29 is 28.2 Å². The van der Waals surface area contributed by atoms with Gasteiger partial charge in [0.1, 0.15) is 0 Å². The summed E-state index contributed by atoms with van der Waals surface area (Å²) in [6.07, 6.45) is 0.747. The van der Waals surface area contributed by atoms with Crippen LogP contribution in [0.4, 0.5) is 0 Å². The number of carboxylic acid groups (broad SMARTS) is 1. The van der Waals surface area contributed by atoms with Crippen molar-refractivity contribution in [1.29, 1.82) is 0 Å². The Morgan fingerprint density at radius 3 is 2.27 bits per heavy atom. The molecule has 12 nitrogen and oxygen atoms in total. The highest BCUT2D eigenvalue weighted by Crippen LogP contribution is 2.31. The van der Waals surface area contributed by atoms with E-state index in [9.17, 15) is 28.2 Å². The van der Waals surface area contributed by atoms with Gasteiger partial charge in [-0.05, 0) is 48.6 Å². The molecule has 3 aromatic rings. The number of hydrogen-bond acceptors (Lipinski definition) is 9. The molecule has 3 heterocycles. The molecule has 1 unspecified atom stereocenters. The van der Waals surface area contributed by atoms with E-state index >= 15 is 0 Å². The minimum absolute atomic E-state index is 0.00973. The van der Waals surface area contributed by atoms with E-state index in [0.717, 1.165) is 11.1 Å². The number of nitrogens with zero attached hydrogens (tertiary/aromatic N) is 5. The first-order chi connectivity index (χ1) is 19.7. The second-order valence-electron chi connectivity index (χ2n) is 10.1. The van der Waals surface area contributed by atoms with Gasteiger partial charge in [-0.3, -0.25) is 4.79 Å². The lowest BCUT2D eigenvalue weighted by Gasteiger charge is -2.32. The molecule has 0 radical (unpaired) electrons.